The highest BCUT2D eigenvalue weighted by molar-refractivity contribution is 5.77. The highest BCUT2D eigenvalue weighted by atomic mass is 16.5. The average molecular weight is 290 g/mol. The zero-order valence-corrected chi connectivity index (χ0v) is 11.7. The van der Waals surface area contributed by atoms with E-state index in [4.69, 9.17) is 14.7 Å². The Morgan fingerprint density at radius 2 is 2.05 bits per heavy atom. The Morgan fingerprint density at radius 1 is 1.38 bits per heavy atom. The molecule has 1 aliphatic rings. The summed E-state index contributed by atoms with van der Waals surface area (Å²) in [6, 6.07) is 8.53. The molecule has 1 fully saturated rings. The lowest BCUT2D eigenvalue weighted by molar-refractivity contribution is -0.125. The molecule has 2 N–H and O–H groups in total. The van der Waals surface area contributed by atoms with Crippen LogP contribution in [-0.2, 0) is 9.53 Å². The van der Waals surface area contributed by atoms with E-state index in [0.717, 1.165) is 0 Å². The van der Waals surface area contributed by atoms with Gasteiger partial charge < -0.3 is 19.9 Å². The van der Waals surface area contributed by atoms with Gasteiger partial charge in [-0.15, -0.1) is 0 Å². The van der Waals surface area contributed by atoms with E-state index in [-0.39, 0.29) is 19.1 Å². The second-order valence-corrected chi connectivity index (χ2v) is 5.04. The summed E-state index contributed by atoms with van der Waals surface area (Å²) in [6.07, 6.45) is 1.04. The van der Waals surface area contributed by atoms with Gasteiger partial charge in [0.05, 0.1) is 17.2 Å². The molecule has 0 radical (unpaired) electrons. The summed E-state index contributed by atoms with van der Waals surface area (Å²) in [5.74, 6) is 0.230. The first kappa shape index (κ1) is 15.3. The molecule has 1 aliphatic heterocycles. The number of benzene rings is 1. The van der Waals surface area contributed by atoms with Gasteiger partial charge >= 0.3 is 0 Å². The molecule has 0 saturated carbocycles. The summed E-state index contributed by atoms with van der Waals surface area (Å²) < 4.78 is 10.5. The number of aliphatic hydroxyl groups is 1. The average Bonchev–Trinajstić information content (AvgIpc) is 2.52. The number of carbonyl (C=O) groups is 1. The molecule has 1 amide bonds. The number of nitrogens with one attached hydrogen (secondary N) is 1. The lowest BCUT2D eigenvalue weighted by Gasteiger charge is -2.32. The van der Waals surface area contributed by atoms with Gasteiger partial charge in [0.15, 0.2) is 6.61 Å². The van der Waals surface area contributed by atoms with E-state index in [1.165, 1.54) is 0 Å². The van der Waals surface area contributed by atoms with Crippen LogP contribution in [-0.4, -0.2) is 43.0 Å². The molecular formula is C15H18N2O4. The van der Waals surface area contributed by atoms with Crippen LogP contribution in [0.15, 0.2) is 24.3 Å². The topological polar surface area (TPSA) is 91.6 Å². The van der Waals surface area contributed by atoms with Crippen LogP contribution in [0.2, 0.25) is 0 Å². The number of carbonyl (C=O) groups excluding carboxylic acids is 1. The van der Waals surface area contributed by atoms with Crippen molar-refractivity contribution in [2.45, 2.75) is 18.4 Å². The van der Waals surface area contributed by atoms with E-state index < -0.39 is 5.60 Å². The molecule has 0 aliphatic carbocycles. The number of hydrogen-bond acceptors (Lipinski definition) is 5. The Hall–Kier alpha value is -2.10. The first-order valence-electron chi connectivity index (χ1n) is 6.81. The number of nitrogens with zero attached hydrogens (tertiary/aromatic N) is 1. The Labute approximate surface area is 123 Å². The quantitative estimate of drug-likeness (QED) is 0.828. The summed E-state index contributed by atoms with van der Waals surface area (Å²) >= 11 is 0. The van der Waals surface area contributed by atoms with Crippen LogP contribution < -0.4 is 10.1 Å². The summed E-state index contributed by atoms with van der Waals surface area (Å²) in [4.78, 5) is 11.7. The Bertz CT molecular complexity index is 515. The van der Waals surface area contributed by atoms with Crippen LogP contribution in [0.3, 0.4) is 0 Å². The predicted molar refractivity (Wildman–Crippen MR) is 74.7 cm³/mol. The molecule has 0 bridgehead atoms. The zero-order chi connectivity index (χ0) is 15.1. The number of amides is 1. The highest BCUT2D eigenvalue weighted by Gasteiger charge is 2.30. The van der Waals surface area contributed by atoms with Crippen LogP contribution in [0, 0.1) is 11.3 Å². The van der Waals surface area contributed by atoms with Gasteiger partial charge in [0.25, 0.3) is 5.91 Å². The van der Waals surface area contributed by atoms with Crippen LogP contribution in [0.5, 0.6) is 5.75 Å². The van der Waals surface area contributed by atoms with Crippen molar-refractivity contribution < 1.29 is 19.4 Å². The molecule has 1 heterocycles. The summed E-state index contributed by atoms with van der Waals surface area (Å²) in [7, 11) is 0. The second-order valence-electron chi connectivity index (χ2n) is 5.04. The monoisotopic (exact) mass is 290 g/mol. The fourth-order valence-corrected chi connectivity index (χ4v) is 2.02. The van der Waals surface area contributed by atoms with Crippen LogP contribution in [0.25, 0.3) is 0 Å². The smallest absolute Gasteiger partial charge is 0.258 e. The Balaban J connectivity index is 1.73. The van der Waals surface area contributed by atoms with E-state index in [1.54, 1.807) is 24.3 Å². The van der Waals surface area contributed by atoms with Crippen molar-refractivity contribution in [3.05, 3.63) is 29.8 Å². The van der Waals surface area contributed by atoms with Crippen molar-refractivity contribution in [3.8, 4) is 11.8 Å². The number of ether oxygens (including phenoxy) is 2. The number of nitriles is 1. The van der Waals surface area contributed by atoms with E-state index in [2.05, 4.69) is 5.32 Å². The molecule has 1 saturated heterocycles. The highest BCUT2D eigenvalue weighted by Crippen LogP contribution is 2.19. The molecular weight excluding hydrogens is 272 g/mol. The molecule has 0 unspecified atom stereocenters. The maximum Gasteiger partial charge on any atom is 0.258 e. The lowest BCUT2D eigenvalue weighted by atomic mass is 9.94. The fraction of sp³-hybridized carbons (Fsp3) is 0.467. The normalized spacial score (nSPS) is 16.8. The number of hydrogen-bond donors (Lipinski definition) is 2. The Morgan fingerprint density at radius 3 is 2.67 bits per heavy atom. The van der Waals surface area contributed by atoms with Gasteiger partial charge in [0.1, 0.15) is 5.75 Å². The van der Waals surface area contributed by atoms with Crippen molar-refractivity contribution >= 4 is 5.91 Å². The molecule has 2 rings (SSSR count). The van der Waals surface area contributed by atoms with E-state index in [1.807, 2.05) is 6.07 Å². The molecule has 6 heteroatoms. The van der Waals surface area contributed by atoms with Gasteiger partial charge in [-0.3, -0.25) is 4.79 Å². The minimum atomic E-state index is -0.887. The van der Waals surface area contributed by atoms with Gasteiger partial charge in [0.2, 0.25) is 0 Å². The van der Waals surface area contributed by atoms with Crippen molar-refractivity contribution in [2.24, 2.45) is 0 Å². The second kappa shape index (κ2) is 7.07. The van der Waals surface area contributed by atoms with Crippen molar-refractivity contribution in [2.75, 3.05) is 26.4 Å². The van der Waals surface area contributed by atoms with Crippen molar-refractivity contribution in [1.29, 1.82) is 5.26 Å². The number of rotatable bonds is 5. The molecule has 112 valence electrons. The van der Waals surface area contributed by atoms with Gasteiger partial charge in [-0.1, -0.05) is 0 Å². The molecule has 21 heavy (non-hydrogen) atoms. The van der Waals surface area contributed by atoms with Gasteiger partial charge in [-0.2, -0.15) is 5.26 Å². The first-order valence-corrected chi connectivity index (χ1v) is 6.81. The van der Waals surface area contributed by atoms with Crippen LogP contribution >= 0.6 is 0 Å². The third-order valence-corrected chi connectivity index (χ3v) is 3.39. The maximum absolute atomic E-state index is 11.7. The van der Waals surface area contributed by atoms with Crippen LogP contribution in [0.1, 0.15) is 18.4 Å². The molecule has 1 aromatic carbocycles. The summed E-state index contributed by atoms with van der Waals surface area (Å²) in [6.45, 7) is 1.09. The molecule has 0 aromatic heterocycles. The standard InChI is InChI=1S/C15H18N2O4/c16-9-12-1-3-13(4-2-12)21-10-14(18)17-11-15(19)5-7-20-8-6-15/h1-4,19H,5-8,10-11H2,(H,17,18). The lowest BCUT2D eigenvalue weighted by Crippen LogP contribution is -2.47. The molecule has 1 aromatic rings. The first-order chi connectivity index (χ1) is 10.1. The van der Waals surface area contributed by atoms with Crippen molar-refractivity contribution in [1.82, 2.24) is 5.32 Å². The van der Waals surface area contributed by atoms with E-state index in [9.17, 15) is 9.90 Å². The predicted octanol–water partition coefficient (Wildman–Crippen LogP) is 0.595. The third kappa shape index (κ3) is 4.74. The molecule has 0 spiro atoms. The summed E-state index contributed by atoms with van der Waals surface area (Å²) in [5.41, 5.74) is -0.351. The van der Waals surface area contributed by atoms with Gasteiger partial charge in [0, 0.05) is 32.6 Å². The third-order valence-electron chi connectivity index (χ3n) is 3.39. The van der Waals surface area contributed by atoms with E-state index >= 15 is 0 Å². The zero-order valence-electron chi connectivity index (χ0n) is 11.7. The minimum absolute atomic E-state index is 0.127. The maximum atomic E-state index is 11.7. The summed E-state index contributed by atoms with van der Waals surface area (Å²) in [5, 5.41) is 21.5. The molecule has 6 nitrogen and oxygen atoms in total. The minimum Gasteiger partial charge on any atom is -0.484 e. The SMILES string of the molecule is N#Cc1ccc(OCC(=O)NCC2(O)CCOCC2)cc1. The van der Waals surface area contributed by atoms with E-state index in [0.29, 0.717) is 37.4 Å². The molecule has 0 atom stereocenters. The van der Waals surface area contributed by atoms with Crippen molar-refractivity contribution in [3.63, 3.8) is 0 Å². The van der Waals surface area contributed by atoms with Crippen LogP contribution in [0.4, 0.5) is 0 Å². The van der Waals surface area contributed by atoms with Gasteiger partial charge in [-0.05, 0) is 24.3 Å². The fourth-order valence-electron chi connectivity index (χ4n) is 2.02. The van der Waals surface area contributed by atoms with Gasteiger partial charge in [-0.25, -0.2) is 0 Å². The largest absolute Gasteiger partial charge is 0.484 e. The Kier molecular flexibility index (Phi) is 5.14.